The van der Waals surface area contributed by atoms with Crippen LogP contribution >= 0.6 is 0 Å². The molecule has 0 radical (unpaired) electrons. The summed E-state index contributed by atoms with van der Waals surface area (Å²) in [4.78, 5) is 31.2. The number of unbranched alkanes of at least 4 members (excludes halogenated alkanes) is 1. The molecule has 3 aromatic heterocycles. The minimum absolute atomic E-state index is 0.125. The molecule has 5 rings (SSSR count). The molecular formula is C28H33N7O2. The van der Waals surface area contributed by atoms with Crippen molar-refractivity contribution in [1.29, 1.82) is 0 Å². The van der Waals surface area contributed by atoms with E-state index in [-0.39, 0.29) is 23.4 Å². The summed E-state index contributed by atoms with van der Waals surface area (Å²) in [5.41, 5.74) is 4.52. The number of hydrogen-bond acceptors (Lipinski definition) is 6. The molecule has 0 amide bonds. The van der Waals surface area contributed by atoms with Crippen molar-refractivity contribution in [3.63, 3.8) is 0 Å². The average Bonchev–Trinajstić information content (AvgIpc) is 3.64. The zero-order valence-electron chi connectivity index (χ0n) is 21.6. The fraction of sp³-hybridized carbons (Fsp3) is 0.429. The largest absolute Gasteiger partial charge is 0.329 e. The molecule has 0 saturated heterocycles. The van der Waals surface area contributed by atoms with Gasteiger partial charge in [-0.25, -0.2) is 9.89 Å². The Morgan fingerprint density at radius 1 is 1.11 bits per heavy atom. The van der Waals surface area contributed by atoms with Gasteiger partial charge < -0.3 is 0 Å². The number of Topliss-reactive ketones (excluding diaryl/α,β-unsaturated/α-hetero) is 1. The van der Waals surface area contributed by atoms with Gasteiger partial charge in [0.25, 0.3) is 0 Å². The number of ketones is 1. The number of hydrogen-bond donors (Lipinski definition) is 1. The van der Waals surface area contributed by atoms with Crippen molar-refractivity contribution < 1.29 is 4.79 Å². The number of benzene rings is 1. The molecule has 192 valence electrons. The highest BCUT2D eigenvalue weighted by Crippen LogP contribution is 2.38. The molecule has 37 heavy (non-hydrogen) atoms. The minimum atomic E-state index is -0.387. The molecule has 1 fully saturated rings. The van der Waals surface area contributed by atoms with E-state index in [4.69, 9.17) is 0 Å². The normalized spacial score (nSPS) is 17.7. The van der Waals surface area contributed by atoms with Crippen LogP contribution in [-0.2, 0) is 17.8 Å². The summed E-state index contributed by atoms with van der Waals surface area (Å²) in [6.45, 7) is 6.78. The number of nitrogens with zero attached hydrogens (tertiary/aromatic N) is 6. The number of aromatic amines is 1. The first kappa shape index (κ1) is 24.8. The molecule has 1 saturated carbocycles. The zero-order valence-corrected chi connectivity index (χ0v) is 21.6. The fourth-order valence-corrected chi connectivity index (χ4v) is 5.57. The standard InChI is InChI=1S/C28H33N7O2/c1-4-5-8-20-17-35(26-21(18(2)3)11-12-25(26)36)28(37)34(20)16-19-15-29-14-13-22(19)23-9-6-7-10-24(23)27-30-32-33-31-27/h6-7,9-10,13-15,17-18,21,26H,4-5,8,11-12,16H2,1-3H3,(H,30,31,32,33). The zero-order chi connectivity index (χ0) is 25.9. The van der Waals surface area contributed by atoms with Gasteiger partial charge in [-0.3, -0.25) is 18.9 Å². The minimum Gasteiger partial charge on any atom is -0.297 e. The van der Waals surface area contributed by atoms with E-state index >= 15 is 0 Å². The van der Waals surface area contributed by atoms with Crippen molar-refractivity contribution >= 4 is 5.78 Å². The van der Waals surface area contributed by atoms with Crippen LogP contribution in [0.4, 0.5) is 0 Å². The van der Waals surface area contributed by atoms with Crippen LogP contribution in [-0.4, -0.2) is 40.5 Å². The van der Waals surface area contributed by atoms with E-state index < -0.39 is 0 Å². The first-order valence-corrected chi connectivity index (χ1v) is 13.1. The van der Waals surface area contributed by atoms with Gasteiger partial charge in [-0.1, -0.05) is 51.5 Å². The second-order valence-electron chi connectivity index (χ2n) is 10.2. The second-order valence-corrected chi connectivity index (χ2v) is 10.2. The van der Waals surface area contributed by atoms with Crippen LogP contribution in [0.2, 0.25) is 0 Å². The van der Waals surface area contributed by atoms with Gasteiger partial charge in [-0.05, 0) is 64.3 Å². The third-order valence-electron chi connectivity index (χ3n) is 7.54. The Morgan fingerprint density at radius 3 is 2.65 bits per heavy atom. The molecule has 1 aromatic carbocycles. The maximum Gasteiger partial charge on any atom is 0.329 e. The smallest absolute Gasteiger partial charge is 0.297 e. The van der Waals surface area contributed by atoms with Gasteiger partial charge >= 0.3 is 5.69 Å². The molecular weight excluding hydrogens is 466 g/mol. The number of aromatic nitrogens is 7. The summed E-state index contributed by atoms with van der Waals surface area (Å²) in [7, 11) is 0. The lowest BCUT2D eigenvalue weighted by Crippen LogP contribution is -2.33. The Balaban J connectivity index is 1.59. The van der Waals surface area contributed by atoms with E-state index in [2.05, 4.69) is 46.4 Å². The summed E-state index contributed by atoms with van der Waals surface area (Å²) in [5, 5.41) is 14.4. The Morgan fingerprint density at radius 2 is 1.92 bits per heavy atom. The molecule has 3 heterocycles. The number of pyridine rings is 1. The van der Waals surface area contributed by atoms with Gasteiger partial charge in [0.15, 0.2) is 11.6 Å². The summed E-state index contributed by atoms with van der Waals surface area (Å²) in [5.74, 6) is 1.25. The van der Waals surface area contributed by atoms with Crippen LogP contribution in [0.25, 0.3) is 22.5 Å². The first-order valence-electron chi connectivity index (χ1n) is 13.1. The quantitative estimate of drug-likeness (QED) is 0.364. The summed E-state index contributed by atoms with van der Waals surface area (Å²) >= 11 is 0. The average molecular weight is 500 g/mol. The molecule has 9 heteroatoms. The van der Waals surface area contributed by atoms with Gasteiger partial charge in [0.1, 0.15) is 0 Å². The van der Waals surface area contributed by atoms with Gasteiger partial charge in [0.2, 0.25) is 0 Å². The number of nitrogens with one attached hydrogen (secondary N) is 1. The van der Waals surface area contributed by atoms with Crippen LogP contribution in [0, 0.1) is 11.8 Å². The van der Waals surface area contributed by atoms with Crippen molar-refractivity contribution in [2.75, 3.05) is 0 Å². The van der Waals surface area contributed by atoms with Gasteiger partial charge in [0.05, 0.1) is 12.6 Å². The molecule has 4 aromatic rings. The molecule has 1 N–H and O–H groups in total. The number of aryl methyl sites for hydroxylation is 1. The van der Waals surface area contributed by atoms with Crippen molar-refractivity contribution in [3.05, 3.63) is 70.7 Å². The number of imidazole rings is 1. The van der Waals surface area contributed by atoms with E-state index in [0.717, 1.165) is 53.6 Å². The summed E-state index contributed by atoms with van der Waals surface area (Å²) < 4.78 is 3.55. The van der Waals surface area contributed by atoms with Crippen LogP contribution in [0.5, 0.6) is 0 Å². The second kappa shape index (κ2) is 10.6. The molecule has 0 spiro atoms. The fourth-order valence-electron chi connectivity index (χ4n) is 5.57. The lowest BCUT2D eigenvalue weighted by atomic mass is 9.90. The predicted molar refractivity (Wildman–Crippen MR) is 141 cm³/mol. The van der Waals surface area contributed by atoms with E-state index in [0.29, 0.717) is 24.7 Å². The third-order valence-corrected chi connectivity index (χ3v) is 7.54. The highest BCUT2D eigenvalue weighted by atomic mass is 16.2. The lowest BCUT2D eigenvalue weighted by Gasteiger charge is -2.22. The molecule has 1 aliphatic rings. The van der Waals surface area contributed by atoms with Crippen LogP contribution < -0.4 is 5.69 Å². The molecule has 0 aliphatic heterocycles. The Bertz CT molecular complexity index is 1430. The highest BCUT2D eigenvalue weighted by molar-refractivity contribution is 5.85. The summed E-state index contributed by atoms with van der Waals surface area (Å²) in [6, 6.07) is 9.48. The number of tetrazole rings is 1. The maximum atomic E-state index is 13.9. The topological polar surface area (TPSA) is 111 Å². The van der Waals surface area contributed by atoms with Gasteiger partial charge in [-0.15, -0.1) is 5.10 Å². The number of H-pyrrole nitrogens is 1. The molecule has 2 unspecified atom stereocenters. The highest BCUT2D eigenvalue weighted by Gasteiger charge is 2.39. The van der Waals surface area contributed by atoms with Crippen LogP contribution in [0.15, 0.2) is 53.7 Å². The van der Waals surface area contributed by atoms with Crippen molar-refractivity contribution in [1.82, 2.24) is 34.7 Å². The van der Waals surface area contributed by atoms with Crippen molar-refractivity contribution in [2.24, 2.45) is 11.8 Å². The van der Waals surface area contributed by atoms with E-state index in [1.54, 1.807) is 10.8 Å². The first-order chi connectivity index (χ1) is 18.0. The van der Waals surface area contributed by atoms with Crippen molar-refractivity contribution in [3.8, 4) is 22.5 Å². The Labute approximate surface area is 216 Å². The van der Waals surface area contributed by atoms with E-state index in [1.165, 1.54) is 0 Å². The number of carbonyl (C=O) groups is 1. The molecule has 0 bridgehead atoms. The Kier molecular flexibility index (Phi) is 7.12. The molecule has 9 nitrogen and oxygen atoms in total. The number of carbonyl (C=O) groups excluding carboxylic acids is 1. The van der Waals surface area contributed by atoms with E-state index in [1.807, 2.05) is 47.3 Å². The van der Waals surface area contributed by atoms with E-state index in [9.17, 15) is 9.59 Å². The van der Waals surface area contributed by atoms with Crippen molar-refractivity contribution in [2.45, 2.75) is 65.5 Å². The monoisotopic (exact) mass is 499 g/mol. The van der Waals surface area contributed by atoms with Gasteiger partial charge in [0, 0.05) is 36.3 Å². The lowest BCUT2D eigenvalue weighted by molar-refractivity contribution is -0.120. The maximum absolute atomic E-state index is 13.9. The predicted octanol–water partition coefficient (Wildman–Crippen LogP) is 4.46. The van der Waals surface area contributed by atoms with Crippen LogP contribution in [0.3, 0.4) is 0 Å². The van der Waals surface area contributed by atoms with Crippen LogP contribution in [0.1, 0.15) is 63.8 Å². The SMILES string of the molecule is CCCCc1cn(C2C(=O)CCC2C(C)C)c(=O)n1Cc1cnccc1-c1ccccc1-c1nnn[nH]1. The molecule has 2 atom stereocenters. The van der Waals surface area contributed by atoms with Gasteiger partial charge in [-0.2, -0.15) is 0 Å². The summed E-state index contributed by atoms with van der Waals surface area (Å²) in [6.07, 6.45) is 9.65. The number of rotatable bonds is 9. The molecule has 1 aliphatic carbocycles. The Hall–Kier alpha value is -3.88. The third kappa shape index (κ3) is 4.77.